The monoisotopic (exact) mass is 433 g/mol. The molecule has 0 aliphatic carbocycles. The Bertz CT molecular complexity index is 1210. The zero-order chi connectivity index (χ0) is 22.1. The van der Waals surface area contributed by atoms with Crippen molar-refractivity contribution in [2.75, 3.05) is 0 Å². The Labute approximate surface area is 184 Å². The highest BCUT2D eigenvalue weighted by atomic mass is 35.5. The van der Waals surface area contributed by atoms with Crippen LogP contribution in [-0.4, -0.2) is 27.3 Å². The summed E-state index contributed by atoms with van der Waals surface area (Å²) >= 11 is 6.00. The highest BCUT2D eigenvalue weighted by molar-refractivity contribution is 6.31. The average molecular weight is 434 g/mol. The van der Waals surface area contributed by atoms with Crippen molar-refractivity contribution in [3.05, 3.63) is 93.8 Å². The summed E-state index contributed by atoms with van der Waals surface area (Å²) in [5, 5.41) is 2.91. The molecule has 0 radical (unpaired) electrons. The largest absolute Gasteiger partial charge is 0.331 e. The molecule has 1 aliphatic rings. The molecule has 2 heterocycles. The van der Waals surface area contributed by atoms with Gasteiger partial charge in [-0.2, -0.15) is 0 Å². The van der Waals surface area contributed by atoms with Gasteiger partial charge in [0.1, 0.15) is 5.57 Å². The maximum atomic E-state index is 13.0. The van der Waals surface area contributed by atoms with Gasteiger partial charge in [-0.25, -0.2) is 4.79 Å². The van der Waals surface area contributed by atoms with Crippen LogP contribution >= 0.6 is 11.6 Å². The fourth-order valence-corrected chi connectivity index (χ4v) is 3.81. The highest BCUT2D eigenvalue weighted by Crippen LogP contribution is 2.25. The molecule has 0 atom stereocenters. The molecule has 0 spiro atoms. The van der Waals surface area contributed by atoms with E-state index in [1.165, 1.54) is 6.08 Å². The minimum absolute atomic E-state index is 0.0770. The van der Waals surface area contributed by atoms with Crippen LogP contribution in [0.1, 0.15) is 22.5 Å². The number of urea groups is 1. The number of nitrogens with one attached hydrogen (secondary N) is 1. The maximum Gasteiger partial charge on any atom is 0.331 e. The predicted octanol–water partition coefficient (Wildman–Crippen LogP) is 4.41. The van der Waals surface area contributed by atoms with Gasteiger partial charge in [-0.3, -0.25) is 19.8 Å². The summed E-state index contributed by atoms with van der Waals surface area (Å²) < 4.78 is 2.01. The van der Waals surface area contributed by atoms with E-state index in [2.05, 4.69) is 5.32 Å². The number of amides is 4. The molecule has 1 saturated heterocycles. The van der Waals surface area contributed by atoms with Crippen molar-refractivity contribution >= 4 is 35.5 Å². The molecule has 156 valence electrons. The number of benzene rings is 2. The minimum atomic E-state index is -0.720. The lowest BCUT2D eigenvalue weighted by Gasteiger charge is -2.26. The van der Waals surface area contributed by atoms with E-state index in [4.69, 9.17) is 11.6 Å². The van der Waals surface area contributed by atoms with E-state index in [0.717, 1.165) is 33.1 Å². The van der Waals surface area contributed by atoms with Gasteiger partial charge in [0.25, 0.3) is 11.8 Å². The van der Waals surface area contributed by atoms with Gasteiger partial charge in [0.05, 0.1) is 6.54 Å². The Hall–Kier alpha value is -3.64. The van der Waals surface area contributed by atoms with Gasteiger partial charge in [-0.15, -0.1) is 0 Å². The van der Waals surface area contributed by atoms with Gasteiger partial charge >= 0.3 is 6.03 Å². The third-order valence-corrected chi connectivity index (χ3v) is 5.48. The molecule has 0 bridgehead atoms. The molecule has 1 fully saturated rings. The first-order valence-corrected chi connectivity index (χ1v) is 10.1. The first-order valence-electron chi connectivity index (χ1n) is 9.73. The summed E-state index contributed by atoms with van der Waals surface area (Å²) in [6.07, 6.45) is 1.54. The average Bonchev–Trinajstić information content (AvgIpc) is 3.03. The second-order valence-electron chi connectivity index (χ2n) is 7.33. The van der Waals surface area contributed by atoms with E-state index in [0.29, 0.717) is 5.02 Å². The molecule has 1 aromatic heterocycles. The Morgan fingerprint density at radius 3 is 2.32 bits per heavy atom. The third kappa shape index (κ3) is 4.02. The summed E-state index contributed by atoms with van der Waals surface area (Å²) in [6, 6.07) is 17.7. The molecule has 4 amide bonds. The van der Waals surface area contributed by atoms with Crippen molar-refractivity contribution in [2.24, 2.45) is 0 Å². The summed E-state index contributed by atoms with van der Waals surface area (Å²) in [4.78, 5) is 38.8. The van der Waals surface area contributed by atoms with Crippen LogP contribution in [0.4, 0.5) is 4.79 Å². The molecule has 4 rings (SSSR count). The van der Waals surface area contributed by atoms with Crippen molar-refractivity contribution in [3.8, 4) is 5.69 Å². The van der Waals surface area contributed by atoms with Crippen LogP contribution in [0.5, 0.6) is 0 Å². The van der Waals surface area contributed by atoms with Gasteiger partial charge < -0.3 is 4.57 Å². The number of aryl methyl sites for hydroxylation is 1. The molecule has 0 saturated carbocycles. The zero-order valence-electron chi connectivity index (χ0n) is 17.1. The van der Waals surface area contributed by atoms with Gasteiger partial charge in [-0.1, -0.05) is 41.9 Å². The topological polar surface area (TPSA) is 71.4 Å². The quantitative estimate of drug-likeness (QED) is 0.489. The van der Waals surface area contributed by atoms with E-state index in [1.807, 2.05) is 66.9 Å². The predicted molar refractivity (Wildman–Crippen MR) is 119 cm³/mol. The van der Waals surface area contributed by atoms with Crippen LogP contribution in [0.2, 0.25) is 5.02 Å². The molecule has 31 heavy (non-hydrogen) atoms. The lowest BCUT2D eigenvalue weighted by Crippen LogP contribution is -2.53. The van der Waals surface area contributed by atoms with Crippen molar-refractivity contribution in [3.63, 3.8) is 0 Å². The molecular weight excluding hydrogens is 414 g/mol. The standard InChI is InChI=1S/C24H20ClN3O3/c1-15-12-18(16(2)28(15)20-10-8-19(25)9-11-20)13-21-22(29)26-24(31)27(23(21)30)14-17-6-4-3-5-7-17/h3-13H,14H2,1-2H3,(H,26,29,31)/b21-13+. The number of carbonyl (C=O) groups excluding carboxylic acids is 3. The fraction of sp³-hybridized carbons (Fsp3) is 0.125. The number of halogens is 1. The molecular formula is C24H20ClN3O3. The summed E-state index contributed by atoms with van der Waals surface area (Å²) in [5.74, 6) is -1.32. The minimum Gasteiger partial charge on any atom is -0.318 e. The van der Waals surface area contributed by atoms with Crippen LogP contribution < -0.4 is 5.32 Å². The van der Waals surface area contributed by atoms with Crippen molar-refractivity contribution in [1.29, 1.82) is 0 Å². The maximum absolute atomic E-state index is 13.0. The molecule has 6 nitrogen and oxygen atoms in total. The number of aromatic nitrogens is 1. The Morgan fingerprint density at radius 1 is 0.968 bits per heavy atom. The molecule has 3 aromatic rings. The Balaban J connectivity index is 1.69. The number of imide groups is 2. The van der Waals surface area contributed by atoms with E-state index in [-0.39, 0.29) is 12.1 Å². The second-order valence-corrected chi connectivity index (χ2v) is 7.77. The van der Waals surface area contributed by atoms with Crippen molar-refractivity contribution in [1.82, 2.24) is 14.8 Å². The van der Waals surface area contributed by atoms with Gasteiger partial charge in [0.2, 0.25) is 0 Å². The van der Waals surface area contributed by atoms with Crippen LogP contribution in [-0.2, 0) is 16.1 Å². The smallest absolute Gasteiger partial charge is 0.318 e. The normalized spacial score (nSPS) is 15.5. The molecule has 2 aromatic carbocycles. The zero-order valence-corrected chi connectivity index (χ0v) is 17.8. The third-order valence-electron chi connectivity index (χ3n) is 5.22. The van der Waals surface area contributed by atoms with Gasteiger partial charge in [-0.05, 0) is 61.4 Å². The summed E-state index contributed by atoms with van der Waals surface area (Å²) in [5.41, 5.74) is 4.16. The molecule has 1 aliphatic heterocycles. The Morgan fingerprint density at radius 2 is 1.65 bits per heavy atom. The number of nitrogens with zero attached hydrogens (tertiary/aromatic N) is 2. The number of rotatable bonds is 4. The van der Waals surface area contributed by atoms with Crippen molar-refractivity contribution in [2.45, 2.75) is 20.4 Å². The number of barbiturate groups is 1. The van der Waals surface area contributed by atoms with E-state index in [1.54, 1.807) is 12.1 Å². The summed E-state index contributed by atoms with van der Waals surface area (Å²) in [6.45, 7) is 3.93. The van der Waals surface area contributed by atoms with Crippen LogP contribution in [0.25, 0.3) is 11.8 Å². The van der Waals surface area contributed by atoms with Crippen LogP contribution in [0.3, 0.4) is 0 Å². The lowest BCUT2D eigenvalue weighted by atomic mass is 10.1. The number of hydrogen-bond acceptors (Lipinski definition) is 3. The van der Waals surface area contributed by atoms with Crippen LogP contribution in [0.15, 0.2) is 66.2 Å². The highest BCUT2D eigenvalue weighted by Gasteiger charge is 2.35. The fourth-order valence-electron chi connectivity index (χ4n) is 3.68. The number of carbonyl (C=O) groups is 3. The molecule has 7 heteroatoms. The van der Waals surface area contributed by atoms with Crippen molar-refractivity contribution < 1.29 is 14.4 Å². The first-order chi connectivity index (χ1) is 14.8. The molecule has 0 unspecified atom stereocenters. The van der Waals surface area contributed by atoms with Gasteiger partial charge in [0.15, 0.2) is 0 Å². The van der Waals surface area contributed by atoms with E-state index < -0.39 is 17.8 Å². The van der Waals surface area contributed by atoms with E-state index >= 15 is 0 Å². The first kappa shape index (κ1) is 20.6. The molecule has 1 N–H and O–H groups in total. The second kappa shape index (κ2) is 8.24. The Kier molecular flexibility index (Phi) is 5.48. The van der Waals surface area contributed by atoms with Crippen LogP contribution in [0, 0.1) is 13.8 Å². The summed E-state index contributed by atoms with van der Waals surface area (Å²) in [7, 11) is 0. The SMILES string of the molecule is Cc1cc(/C=C2\C(=O)NC(=O)N(Cc3ccccc3)C2=O)c(C)n1-c1ccc(Cl)cc1. The lowest BCUT2D eigenvalue weighted by molar-refractivity contribution is -0.130. The number of hydrogen-bond donors (Lipinski definition) is 1. The van der Waals surface area contributed by atoms with E-state index in [9.17, 15) is 14.4 Å². The van der Waals surface area contributed by atoms with Gasteiger partial charge in [0, 0.05) is 22.1 Å².